The van der Waals surface area contributed by atoms with Crippen LogP contribution in [0.1, 0.15) is 37.7 Å². The normalized spacial score (nSPS) is 28.1. The molecule has 1 amide bonds. The highest BCUT2D eigenvalue weighted by Gasteiger charge is 2.43. The molecular formula is C21H31N3O3. The third-order valence-corrected chi connectivity index (χ3v) is 6.52. The maximum Gasteiger partial charge on any atom is 0.222 e. The van der Waals surface area contributed by atoms with E-state index in [0.717, 1.165) is 77.0 Å². The molecule has 3 fully saturated rings. The summed E-state index contributed by atoms with van der Waals surface area (Å²) in [7, 11) is 0. The highest BCUT2D eigenvalue weighted by atomic mass is 16.5. The Hall–Kier alpha value is -1.50. The van der Waals surface area contributed by atoms with Gasteiger partial charge in [-0.2, -0.15) is 0 Å². The first kappa shape index (κ1) is 18.8. The summed E-state index contributed by atoms with van der Waals surface area (Å²) in [6.07, 6.45) is 9.12. The molecule has 1 aromatic rings. The average Bonchev–Trinajstić information content (AvgIpc) is 3.27. The van der Waals surface area contributed by atoms with Crippen LogP contribution in [0.5, 0.6) is 0 Å². The minimum absolute atomic E-state index is 0.165. The highest BCUT2D eigenvalue weighted by molar-refractivity contribution is 5.76. The first-order valence-corrected chi connectivity index (χ1v) is 10.3. The maximum atomic E-state index is 12.5. The van der Waals surface area contributed by atoms with Gasteiger partial charge in [-0.15, -0.1) is 0 Å². The van der Waals surface area contributed by atoms with Crippen molar-refractivity contribution >= 4 is 5.91 Å². The molecule has 148 valence electrons. The standard InChI is InChI=1S/C21H31N3O3/c25-18-5-9-23(14-18)15-19-12-21(16-27-19)6-10-24(11-7-21)20(26)4-3-17-2-1-8-22-13-17/h1-2,8,13,18-19,25H,3-7,9-12,14-16H2/t18-,19+/m0/s1. The van der Waals surface area contributed by atoms with Crippen LogP contribution in [-0.2, 0) is 16.0 Å². The topological polar surface area (TPSA) is 65.9 Å². The molecule has 3 aliphatic heterocycles. The van der Waals surface area contributed by atoms with Crippen molar-refractivity contribution in [2.24, 2.45) is 5.41 Å². The van der Waals surface area contributed by atoms with Crippen LogP contribution in [0.2, 0.25) is 0 Å². The molecule has 0 bridgehead atoms. The zero-order valence-corrected chi connectivity index (χ0v) is 16.1. The molecular weight excluding hydrogens is 342 g/mol. The zero-order valence-electron chi connectivity index (χ0n) is 16.1. The van der Waals surface area contributed by atoms with Gasteiger partial charge in [0.15, 0.2) is 0 Å². The summed E-state index contributed by atoms with van der Waals surface area (Å²) in [6, 6.07) is 3.95. The Morgan fingerprint density at radius 2 is 2.19 bits per heavy atom. The van der Waals surface area contributed by atoms with Crippen molar-refractivity contribution in [3.63, 3.8) is 0 Å². The van der Waals surface area contributed by atoms with Crippen molar-refractivity contribution in [2.45, 2.75) is 50.7 Å². The Morgan fingerprint density at radius 3 is 2.89 bits per heavy atom. The SMILES string of the molecule is O=C(CCc1cccnc1)N1CCC2(CC1)CO[C@@H](CN1CC[C@H](O)C1)C2. The van der Waals surface area contributed by atoms with Crippen LogP contribution in [0.25, 0.3) is 0 Å². The first-order valence-electron chi connectivity index (χ1n) is 10.3. The van der Waals surface area contributed by atoms with Gasteiger partial charge in [0, 0.05) is 51.5 Å². The molecule has 0 aromatic carbocycles. The second-order valence-electron chi connectivity index (χ2n) is 8.58. The number of carbonyl (C=O) groups is 1. The summed E-state index contributed by atoms with van der Waals surface area (Å²) in [6.45, 7) is 5.23. The van der Waals surface area contributed by atoms with E-state index in [1.54, 1.807) is 6.20 Å². The van der Waals surface area contributed by atoms with E-state index in [1.807, 2.05) is 23.2 Å². The smallest absolute Gasteiger partial charge is 0.222 e. The molecule has 1 spiro atoms. The van der Waals surface area contributed by atoms with E-state index in [1.165, 1.54) is 0 Å². The number of aromatic nitrogens is 1. The fourth-order valence-electron chi connectivity index (χ4n) is 4.81. The Morgan fingerprint density at radius 1 is 1.33 bits per heavy atom. The van der Waals surface area contributed by atoms with Gasteiger partial charge in [0.25, 0.3) is 0 Å². The zero-order chi connectivity index (χ0) is 18.7. The predicted octanol–water partition coefficient (Wildman–Crippen LogP) is 1.48. The maximum absolute atomic E-state index is 12.5. The van der Waals surface area contributed by atoms with Crippen LogP contribution < -0.4 is 0 Å². The number of hydrogen-bond donors (Lipinski definition) is 1. The van der Waals surface area contributed by atoms with Crippen LogP contribution in [-0.4, -0.2) is 77.3 Å². The number of piperidine rings is 1. The lowest BCUT2D eigenvalue weighted by atomic mass is 9.76. The largest absolute Gasteiger partial charge is 0.392 e. The van der Waals surface area contributed by atoms with Gasteiger partial charge in [0.1, 0.15) is 0 Å². The van der Waals surface area contributed by atoms with Crippen LogP contribution in [0.3, 0.4) is 0 Å². The van der Waals surface area contributed by atoms with E-state index in [4.69, 9.17) is 4.74 Å². The van der Waals surface area contributed by atoms with Crippen LogP contribution >= 0.6 is 0 Å². The molecule has 6 nitrogen and oxygen atoms in total. The first-order chi connectivity index (χ1) is 13.1. The molecule has 3 saturated heterocycles. The number of pyridine rings is 1. The van der Waals surface area contributed by atoms with Crippen molar-refractivity contribution < 1.29 is 14.6 Å². The number of carbonyl (C=O) groups excluding carboxylic acids is 1. The third kappa shape index (κ3) is 4.68. The minimum atomic E-state index is -0.165. The lowest BCUT2D eigenvalue weighted by Gasteiger charge is -2.38. The van der Waals surface area contributed by atoms with Gasteiger partial charge in [-0.05, 0) is 49.1 Å². The predicted molar refractivity (Wildman–Crippen MR) is 102 cm³/mol. The van der Waals surface area contributed by atoms with Gasteiger partial charge in [-0.25, -0.2) is 0 Å². The van der Waals surface area contributed by atoms with Crippen molar-refractivity contribution in [1.82, 2.24) is 14.8 Å². The molecule has 1 N–H and O–H groups in total. The van der Waals surface area contributed by atoms with Crippen LogP contribution in [0, 0.1) is 5.41 Å². The van der Waals surface area contributed by atoms with E-state index < -0.39 is 0 Å². The Bertz CT molecular complexity index is 631. The van der Waals surface area contributed by atoms with E-state index in [-0.39, 0.29) is 23.5 Å². The number of aliphatic hydroxyl groups is 1. The number of hydrogen-bond acceptors (Lipinski definition) is 5. The number of amides is 1. The van der Waals surface area contributed by atoms with Crippen molar-refractivity contribution in [3.8, 4) is 0 Å². The van der Waals surface area contributed by atoms with Gasteiger partial charge in [0.05, 0.1) is 18.8 Å². The van der Waals surface area contributed by atoms with E-state index in [0.29, 0.717) is 6.42 Å². The van der Waals surface area contributed by atoms with Crippen molar-refractivity contribution in [3.05, 3.63) is 30.1 Å². The Labute approximate surface area is 161 Å². The fraction of sp³-hybridized carbons (Fsp3) is 0.714. The molecule has 0 unspecified atom stereocenters. The Balaban J connectivity index is 1.21. The molecule has 4 heterocycles. The summed E-state index contributed by atoms with van der Waals surface area (Å²) in [5.41, 5.74) is 1.38. The lowest BCUT2D eigenvalue weighted by molar-refractivity contribution is -0.133. The molecule has 0 saturated carbocycles. The number of aryl methyl sites for hydroxylation is 1. The molecule has 1 aromatic heterocycles. The van der Waals surface area contributed by atoms with E-state index in [9.17, 15) is 9.90 Å². The average molecular weight is 373 g/mol. The molecule has 0 radical (unpaired) electrons. The summed E-state index contributed by atoms with van der Waals surface area (Å²) in [4.78, 5) is 21.0. The summed E-state index contributed by atoms with van der Waals surface area (Å²) in [5.74, 6) is 0.259. The van der Waals surface area contributed by atoms with Gasteiger partial charge in [-0.3, -0.25) is 14.7 Å². The quantitative estimate of drug-likeness (QED) is 0.847. The van der Waals surface area contributed by atoms with E-state index in [2.05, 4.69) is 9.88 Å². The van der Waals surface area contributed by atoms with Gasteiger partial charge >= 0.3 is 0 Å². The number of ether oxygens (including phenoxy) is 1. The van der Waals surface area contributed by atoms with Crippen LogP contribution in [0.15, 0.2) is 24.5 Å². The van der Waals surface area contributed by atoms with Gasteiger partial charge < -0.3 is 14.7 Å². The van der Waals surface area contributed by atoms with Crippen molar-refractivity contribution in [2.75, 3.05) is 39.3 Å². The minimum Gasteiger partial charge on any atom is -0.392 e. The number of aliphatic hydroxyl groups excluding tert-OH is 1. The molecule has 2 atom stereocenters. The molecule has 3 aliphatic rings. The Kier molecular flexibility index (Phi) is 5.76. The van der Waals surface area contributed by atoms with E-state index >= 15 is 0 Å². The van der Waals surface area contributed by atoms with Crippen LogP contribution in [0.4, 0.5) is 0 Å². The third-order valence-electron chi connectivity index (χ3n) is 6.52. The summed E-state index contributed by atoms with van der Waals surface area (Å²) >= 11 is 0. The lowest BCUT2D eigenvalue weighted by Crippen LogP contribution is -2.43. The van der Waals surface area contributed by atoms with Gasteiger partial charge in [-0.1, -0.05) is 6.07 Å². The summed E-state index contributed by atoms with van der Waals surface area (Å²) in [5, 5.41) is 9.69. The number of nitrogens with zero attached hydrogens (tertiary/aromatic N) is 3. The summed E-state index contributed by atoms with van der Waals surface area (Å²) < 4.78 is 6.11. The number of likely N-dealkylation sites (tertiary alicyclic amines) is 2. The number of rotatable bonds is 5. The highest BCUT2D eigenvalue weighted by Crippen LogP contribution is 2.42. The van der Waals surface area contributed by atoms with Crippen molar-refractivity contribution in [1.29, 1.82) is 0 Å². The second kappa shape index (κ2) is 8.25. The number of β-amino-alcohol motifs (C(OH)–C–C–N with tert-alkyl or cyclic N) is 1. The molecule has 0 aliphatic carbocycles. The molecule has 4 rings (SSSR count). The molecule has 6 heteroatoms. The fourth-order valence-corrected chi connectivity index (χ4v) is 4.81. The monoisotopic (exact) mass is 373 g/mol. The second-order valence-corrected chi connectivity index (χ2v) is 8.58. The van der Waals surface area contributed by atoms with Gasteiger partial charge in [0.2, 0.25) is 5.91 Å². The molecule has 27 heavy (non-hydrogen) atoms.